The average Bonchev–Trinajstić information content (AvgIpc) is 3.05. The lowest BCUT2D eigenvalue weighted by molar-refractivity contribution is -0.257. The number of carbonyl (C=O) groups is 4. The highest BCUT2D eigenvalue weighted by atomic mass is 16.6. The van der Waals surface area contributed by atoms with Gasteiger partial charge in [-0.1, -0.05) is 10.1 Å². The number of esters is 4. The molecule has 4 heterocycles. The average molecular weight is 861 g/mol. The molecule has 0 unspecified atom stereocenters. The Hall–Kier alpha value is -3.18. The van der Waals surface area contributed by atoms with Gasteiger partial charge in [-0.05, 0) is 123 Å². The van der Waals surface area contributed by atoms with Crippen molar-refractivity contribution in [2.45, 2.75) is 231 Å². The predicted octanol–water partition coefficient (Wildman–Crippen LogP) is 6.36. The monoisotopic (exact) mass is 861 g/mol. The highest BCUT2D eigenvalue weighted by molar-refractivity contribution is 6.10. The lowest BCUT2D eigenvalue weighted by Gasteiger charge is -2.50. The van der Waals surface area contributed by atoms with Gasteiger partial charge in [-0.25, -0.2) is 19.2 Å². The van der Waals surface area contributed by atoms with E-state index in [1.807, 2.05) is 111 Å². The van der Waals surface area contributed by atoms with Gasteiger partial charge in [0.05, 0.1) is 44.4 Å². The second kappa shape index (κ2) is 16.1. The van der Waals surface area contributed by atoms with Crippen LogP contribution in [0.4, 0.5) is 0 Å². The van der Waals surface area contributed by atoms with Crippen molar-refractivity contribution >= 4 is 23.9 Å². The van der Waals surface area contributed by atoms with Gasteiger partial charge in [0, 0.05) is 73.5 Å². The molecule has 0 atom stereocenters. The fraction of sp³-hybridized carbons (Fsp3) is 0.783. The van der Waals surface area contributed by atoms with Gasteiger partial charge < -0.3 is 39.9 Å². The summed E-state index contributed by atoms with van der Waals surface area (Å²) in [4.78, 5) is 58.2. The van der Waals surface area contributed by atoms with Gasteiger partial charge >= 0.3 is 23.9 Å². The Bertz CT molecular complexity index is 1810. The molecule has 15 nitrogen and oxygen atoms in total. The molecule has 4 aliphatic heterocycles. The Balaban J connectivity index is 1.62. The maximum atomic E-state index is 14.6. The molecule has 0 amide bonds. The van der Waals surface area contributed by atoms with Gasteiger partial charge in [0.2, 0.25) is 0 Å². The molecule has 6 N–H and O–H groups in total. The summed E-state index contributed by atoms with van der Waals surface area (Å²) in [6, 6.07) is 2.40. The molecule has 4 fully saturated rings. The topological polar surface area (TPSA) is 193 Å². The van der Waals surface area contributed by atoms with E-state index in [9.17, 15) is 24.4 Å². The molecule has 61 heavy (non-hydrogen) atoms. The van der Waals surface area contributed by atoms with Crippen LogP contribution in [-0.2, 0) is 18.9 Å². The molecule has 5 rings (SSSR count). The maximum absolute atomic E-state index is 14.6. The molecule has 1 aromatic rings. The predicted molar refractivity (Wildman–Crippen MR) is 230 cm³/mol. The highest BCUT2D eigenvalue weighted by Crippen LogP contribution is 2.42. The fourth-order valence-electron chi connectivity index (χ4n) is 11.3. The number of hydroxylamine groups is 6. The molecular formula is C46H76N4O11+2. The van der Waals surface area contributed by atoms with Crippen molar-refractivity contribution in [3.8, 4) is 0 Å². The van der Waals surface area contributed by atoms with Crippen LogP contribution in [0.2, 0.25) is 0 Å². The summed E-state index contributed by atoms with van der Waals surface area (Å²) in [5.74, 6) is -3.54. The van der Waals surface area contributed by atoms with Gasteiger partial charge in [-0.3, -0.25) is 0 Å². The first-order chi connectivity index (χ1) is 27.5. The Labute approximate surface area is 362 Å². The SMILES string of the molecule is CC1(C)CC(OC(=O)c2cc(C(=O)OC3CC(C)(C)N([OH2+])C(C)(C)C3)c(C(=O)OC3CC(C)(C)N(O)C(C)(C)C3)cc2C(=O)OC2CC(C)(C)N([OH2+])C(C)(C)C2)CC(C)(C)N1. The van der Waals surface area contributed by atoms with Crippen LogP contribution in [0.3, 0.4) is 0 Å². The smallest absolute Gasteiger partial charge is 0.339 e. The van der Waals surface area contributed by atoms with Gasteiger partial charge in [0.15, 0.2) is 0 Å². The minimum absolute atomic E-state index is 0.253. The van der Waals surface area contributed by atoms with Crippen LogP contribution in [0.1, 0.15) is 204 Å². The van der Waals surface area contributed by atoms with E-state index in [1.54, 1.807) is 0 Å². The van der Waals surface area contributed by atoms with E-state index in [4.69, 9.17) is 29.4 Å². The first kappa shape index (κ1) is 48.8. The maximum Gasteiger partial charge on any atom is 0.339 e. The highest BCUT2D eigenvalue weighted by Gasteiger charge is 2.52. The molecule has 0 aliphatic carbocycles. The summed E-state index contributed by atoms with van der Waals surface area (Å²) in [5, 5.41) is 36.3. The van der Waals surface area contributed by atoms with Gasteiger partial charge in [-0.15, -0.1) is 0 Å². The largest absolute Gasteiger partial charge is 0.459 e. The second-order valence-electron chi connectivity index (χ2n) is 23.4. The Morgan fingerprint density at radius 1 is 0.459 bits per heavy atom. The summed E-state index contributed by atoms with van der Waals surface area (Å²) >= 11 is 0. The van der Waals surface area contributed by atoms with Crippen LogP contribution < -0.4 is 5.32 Å². The number of hydrogen-bond acceptors (Lipinski definition) is 13. The molecule has 0 bridgehead atoms. The third kappa shape index (κ3) is 10.6. The Morgan fingerprint density at radius 2 is 0.672 bits per heavy atom. The van der Waals surface area contributed by atoms with E-state index in [-0.39, 0.29) is 46.2 Å². The zero-order valence-corrected chi connectivity index (χ0v) is 39.7. The van der Waals surface area contributed by atoms with Gasteiger partial charge in [0.25, 0.3) is 0 Å². The van der Waals surface area contributed by atoms with Crippen LogP contribution in [0, 0.1) is 0 Å². The zero-order valence-electron chi connectivity index (χ0n) is 39.7. The number of ether oxygens (including phenoxy) is 4. The fourth-order valence-corrected chi connectivity index (χ4v) is 11.3. The van der Waals surface area contributed by atoms with E-state index in [1.165, 1.54) is 27.3 Å². The molecule has 0 radical (unpaired) electrons. The van der Waals surface area contributed by atoms with Crippen molar-refractivity contribution in [1.82, 2.24) is 20.5 Å². The standard InChI is InChI=1S/C46H74N4O11/c1-39(2)19-27(20-40(3,4)47-39)58-35(51)31-17-33(37(53)60-29-23-43(9,10)49(56)44(11,12)24-29)34(38(54)61-30-25-45(13,14)50(57)46(15,16)26-30)18-32(31)36(52)59-28-21-41(5,6)48(55)42(7,8)22-28/h17-18,27-30,47,55-57H,19-26H2,1-16H3/p+2. The lowest BCUT2D eigenvalue weighted by atomic mass is 9.80. The molecule has 0 saturated carbocycles. The number of nitrogens with one attached hydrogen (secondary N) is 1. The normalized spacial score (nSPS) is 26.5. The molecule has 0 spiro atoms. The van der Waals surface area contributed by atoms with Crippen molar-refractivity contribution in [3.05, 3.63) is 34.4 Å². The van der Waals surface area contributed by atoms with E-state index in [0.29, 0.717) is 38.5 Å². The summed E-state index contributed by atoms with van der Waals surface area (Å²) in [7, 11) is 0. The number of nitrogens with zero attached hydrogens (tertiary/aromatic N) is 3. The summed E-state index contributed by atoms with van der Waals surface area (Å²) in [6.45, 7) is 30.7. The number of benzene rings is 1. The summed E-state index contributed by atoms with van der Waals surface area (Å²) in [5.41, 5.74) is -5.99. The summed E-state index contributed by atoms with van der Waals surface area (Å²) in [6.07, 6.45) is 0.337. The second-order valence-corrected chi connectivity index (χ2v) is 23.4. The molecule has 15 heteroatoms. The number of piperidine rings is 4. The third-order valence-corrected chi connectivity index (χ3v) is 13.2. The lowest BCUT2D eigenvalue weighted by Crippen LogP contribution is -2.60. The van der Waals surface area contributed by atoms with E-state index < -0.39 is 81.5 Å². The van der Waals surface area contributed by atoms with Crippen molar-refractivity contribution in [2.24, 2.45) is 0 Å². The first-order valence-corrected chi connectivity index (χ1v) is 21.8. The van der Waals surface area contributed by atoms with Gasteiger partial charge in [0.1, 0.15) is 24.4 Å². The third-order valence-electron chi connectivity index (χ3n) is 13.2. The molecule has 1 aromatic carbocycles. The minimum atomic E-state index is -0.905. The number of hydrogen-bond donors (Lipinski definition) is 2. The van der Waals surface area contributed by atoms with Crippen molar-refractivity contribution < 1.29 is 53.7 Å². The van der Waals surface area contributed by atoms with Crippen molar-refractivity contribution in [3.63, 3.8) is 0 Å². The molecule has 0 aromatic heterocycles. The minimum Gasteiger partial charge on any atom is -0.459 e. The molecule has 4 saturated heterocycles. The van der Waals surface area contributed by atoms with Crippen LogP contribution in [0.5, 0.6) is 0 Å². The van der Waals surface area contributed by atoms with Crippen molar-refractivity contribution in [1.29, 1.82) is 0 Å². The molecule has 4 aliphatic rings. The van der Waals surface area contributed by atoms with E-state index >= 15 is 0 Å². The van der Waals surface area contributed by atoms with E-state index in [0.717, 1.165) is 0 Å². The van der Waals surface area contributed by atoms with Crippen LogP contribution in [0.15, 0.2) is 12.1 Å². The first-order valence-electron chi connectivity index (χ1n) is 21.8. The zero-order chi connectivity index (χ0) is 46.3. The van der Waals surface area contributed by atoms with Gasteiger partial charge in [-0.2, -0.15) is 5.06 Å². The number of carbonyl (C=O) groups excluding carboxylic acids is 4. The van der Waals surface area contributed by atoms with Crippen LogP contribution in [0.25, 0.3) is 0 Å². The molecular weight excluding hydrogens is 785 g/mol. The molecule has 344 valence electrons. The quantitative estimate of drug-likeness (QED) is 0.167. The summed E-state index contributed by atoms with van der Waals surface area (Å²) < 4.78 is 24.7. The van der Waals surface area contributed by atoms with Crippen LogP contribution >= 0.6 is 0 Å². The Kier molecular flexibility index (Phi) is 12.9. The van der Waals surface area contributed by atoms with Crippen LogP contribution in [-0.4, -0.2) is 123 Å². The van der Waals surface area contributed by atoms with Crippen molar-refractivity contribution in [2.75, 3.05) is 0 Å². The number of rotatable bonds is 8. The Morgan fingerprint density at radius 3 is 0.918 bits per heavy atom. The van der Waals surface area contributed by atoms with E-state index in [2.05, 4.69) is 5.32 Å².